The van der Waals surface area contributed by atoms with Crippen LogP contribution in [0.1, 0.15) is 44.5 Å². The van der Waals surface area contributed by atoms with Crippen LogP contribution in [0.3, 0.4) is 0 Å². The van der Waals surface area contributed by atoms with Gasteiger partial charge in [-0.2, -0.15) is 0 Å². The van der Waals surface area contributed by atoms with Crippen LogP contribution in [0.15, 0.2) is 12.1 Å². The van der Waals surface area contributed by atoms with Crippen molar-refractivity contribution in [1.29, 1.82) is 0 Å². The molecule has 3 rings (SSSR count). The monoisotopic (exact) mass is 328 g/mol. The van der Waals surface area contributed by atoms with Crippen molar-refractivity contribution in [1.82, 2.24) is 9.55 Å². The van der Waals surface area contributed by atoms with E-state index >= 15 is 0 Å². The maximum Gasteiger partial charge on any atom is 0.144 e. The molecule has 2 aromatic rings. The van der Waals surface area contributed by atoms with E-state index in [0.29, 0.717) is 18.3 Å². The van der Waals surface area contributed by atoms with Crippen molar-refractivity contribution in [2.75, 3.05) is 5.88 Å². The number of hydrogen-bond donors (Lipinski definition) is 0. The summed E-state index contributed by atoms with van der Waals surface area (Å²) in [6.45, 7) is 2.29. The van der Waals surface area contributed by atoms with Gasteiger partial charge in [-0.15, -0.1) is 11.6 Å². The Hall–Kier alpha value is -0.800. The van der Waals surface area contributed by atoms with Crippen LogP contribution in [0.25, 0.3) is 11.0 Å². The normalized spacial score (nSPS) is 22.9. The topological polar surface area (TPSA) is 17.8 Å². The Kier molecular flexibility index (Phi) is 4.41. The molecule has 1 aromatic carbocycles. The summed E-state index contributed by atoms with van der Waals surface area (Å²) in [5.41, 5.74) is 1.61. The van der Waals surface area contributed by atoms with Gasteiger partial charge in [0.05, 0.1) is 16.1 Å². The van der Waals surface area contributed by atoms with E-state index in [2.05, 4.69) is 16.5 Å². The van der Waals surface area contributed by atoms with E-state index in [1.54, 1.807) is 6.07 Å². The largest absolute Gasteiger partial charge is 0.325 e. The lowest BCUT2D eigenvalue weighted by atomic mass is 9.87. The Bertz CT molecular complexity index is 645. The predicted octanol–water partition coefficient (Wildman–Crippen LogP) is 5.36. The van der Waals surface area contributed by atoms with Crippen LogP contribution in [0.2, 0.25) is 5.02 Å². The van der Waals surface area contributed by atoms with Crippen LogP contribution in [0.5, 0.6) is 0 Å². The van der Waals surface area contributed by atoms with Crippen molar-refractivity contribution in [3.8, 4) is 0 Å². The summed E-state index contributed by atoms with van der Waals surface area (Å²) < 4.78 is 16.1. The van der Waals surface area contributed by atoms with Crippen LogP contribution in [0, 0.1) is 11.7 Å². The van der Waals surface area contributed by atoms with Crippen LogP contribution >= 0.6 is 23.2 Å². The van der Waals surface area contributed by atoms with Crippen LogP contribution in [-0.4, -0.2) is 15.4 Å². The first-order valence-corrected chi connectivity index (χ1v) is 8.43. The zero-order chi connectivity index (χ0) is 15.0. The fourth-order valence-electron chi connectivity index (χ4n) is 3.31. The lowest BCUT2D eigenvalue weighted by molar-refractivity contribution is 0.289. The van der Waals surface area contributed by atoms with E-state index in [1.165, 1.54) is 18.9 Å². The molecule has 0 spiro atoms. The second-order valence-corrected chi connectivity index (χ2v) is 6.79. The van der Waals surface area contributed by atoms with E-state index in [9.17, 15) is 4.39 Å². The summed E-state index contributed by atoms with van der Waals surface area (Å²) in [4.78, 5) is 4.63. The summed E-state index contributed by atoms with van der Waals surface area (Å²) in [5, 5.41) is 0.127. The molecule has 5 heteroatoms. The molecule has 1 aliphatic carbocycles. The van der Waals surface area contributed by atoms with Gasteiger partial charge in [0.2, 0.25) is 0 Å². The van der Waals surface area contributed by atoms with Gasteiger partial charge in [-0.05, 0) is 37.7 Å². The number of rotatable bonds is 3. The lowest BCUT2D eigenvalue weighted by Gasteiger charge is -2.29. The van der Waals surface area contributed by atoms with Crippen LogP contribution < -0.4 is 0 Å². The van der Waals surface area contributed by atoms with Crippen LogP contribution in [-0.2, 0) is 6.42 Å². The second-order valence-electron chi connectivity index (χ2n) is 6.01. The molecule has 0 aliphatic heterocycles. The first-order valence-electron chi connectivity index (χ1n) is 7.52. The van der Waals surface area contributed by atoms with E-state index in [0.717, 1.165) is 35.6 Å². The predicted molar refractivity (Wildman–Crippen MR) is 85.8 cm³/mol. The molecule has 0 radical (unpaired) electrons. The molecule has 1 heterocycles. The molecule has 0 saturated heterocycles. The summed E-state index contributed by atoms with van der Waals surface area (Å²) in [7, 11) is 0. The maximum atomic E-state index is 13.9. The minimum atomic E-state index is -0.382. The molecular weight excluding hydrogens is 310 g/mol. The van der Waals surface area contributed by atoms with Crippen molar-refractivity contribution >= 4 is 34.2 Å². The molecule has 1 aromatic heterocycles. The molecule has 21 heavy (non-hydrogen) atoms. The zero-order valence-electron chi connectivity index (χ0n) is 12.1. The molecule has 0 amide bonds. The van der Waals surface area contributed by atoms with Crippen molar-refractivity contribution in [2.45, 2.75) is 45.1 Å². The quantitative estimate of drug-likeness (QED) is 0.693. The molecule has 0 bridgehead atoms. The molecule has 1 aliphatic rings. The van der Waals surface area contributed by atoms with Gasteiger partial charge in [-0.25, -0.2) is 9.37 Å². The van der Waals surface area contributed by atoms with E-state index in [1.807, 2.05) is 0 Å². The Morgan fingerprint density at radius 3 is 2.67 bits per heavy atom. The second kappa shape index (κ2) is 6.13. The summed E-state index contributed by atoms with van der Waals surface area (Å²) in [5.74, 6) is 1.86. The lowest BCUT2D eigenvalue weighted by Crippen LogP contribution is -2.19. The summed E-state index contributed by atoms with van der Waals surface area (Å²) in [6.07, 6.45) is 5.35. The van der Waals surface area contributed by atoms with Gasteiger partial charge >= 0.3 is 0 Å². The van der Waals surface area contributed by atoms with E-state index < -0.39 is 0 Å². The van der Waals surface area contributed by atoms with Gasteiger partial charge in [-0.3, -0.25) is 0 Å². The average molecular weight is 329 g/mol. The number of fused-ring (bicyclic) bond motifs is 1. The SMILES string of the molecule is CC1CCC(n2c(CCCl)nc3cc(Cl)c(F)cc32)CC1. The van der Waals surface area contributed by atoms with Gasteiger partial charge in [0.1, 0.15) is 11.6 Å². The highest BCUT2D eigenvalue weighted by Crippen LogP contribution is 2.36. The van der Waals surface area contributed by atoms with Crippen molar-refractivity contribution in [3.63, 3.8) is 0 Å². The highest BCUT2D eigenvalue weighted by Gasteiger charge is 2.24. The van der Waals surface area contributed by atoms with Crippen LogP contribution in [0.4, 0.5) is 4.39 Å². The van der Waals surface area contributed by atoms with Gasteiger partial charge < -0.3 is 4.57 Å². The first-order chi connectivity index (χ1) is 10.1. The van der Waals surface area contributed by atoms with Gasteiger partial charge in [0.15, 0.2) is 0 Å². The summed E-state index contributed by atoms with van der Waals surface area (Å²) in [6, 6.07) is 3.52. The van der Waals surface area contributed by atoms with E-state index in [4.69, 9.17) is 23.2 Å². The molecule has 114 valence electrons. The highest BCUT2D eigenvalue weighted by atomic mass is 35.5. The zero-order valence-corrected chi connectivity index (χ0v) is 13.6. The highest BCUT2D eigenvalue weighted by molar-refractivity contribution is 6.31. The smallest absolute Gasteiger partial charge is 0.144 e. The number of benzene rings is 1. The average Bonchev–Trinajstić information content (AvgIpc) is 2.78. The minimum Gasteiger partial charge on any atom is -0.325 e. The number of nitrogens with zero attached hydrogens (tertiary/aromatic N) is 2. The number of imidazole rings is 1. The fraction of sp³-hybridized carbons (Fsp3) is 0.562. The number of halogens is 3. The molecule has 2 nitrogen and oxygen atoms in total. The third kappa shape index (κ3) is 2.91. The molecule has 1 saturated carbocycles. The molecule has 0 unspecified atom stereocenters. The van der Waals surface area contributed by atoms with E-state index in [-0.39, 0.29) is 10.8 Å². The summed E-state index contributed by atoms with van der Waals surface area (Å²) >= 11 is 11.8. The van der Waals surface area contributed by atoms with Crippen molar-refractivity contribution in [3.05, 3.63) is 28.8 Å². The number of alkyl halides is 1. The molecule has 0 N–H and O–H groups in total. The number of aromatic nitrogens is 2. The third-order valence-corrected chi connectivity index (χ3v) is 4.95. The number of hydrogen-bond acceptors (Lipinski definition) is 1. The fourth-order valence-corrected chi connectivity index (χ4v) is 3.64. The van der Waals surface area contributed by atoms with Crippen molar-refractivity contribution < 1.29 is 4.39 Å². The standard InChI is InChI=1S/C16H19Cl2FN2/c1-10-2-4-11(5-3-10)21-15-9-13(19)12(18)8-14(15)20-16(21)6-7-17/h8-11H,2-7H2,1H3. The van der Waals surface area contributed by atoms with Gasteiger partial charge in [0.25, 0.3) is 0 Å². The third-order valence-electron chi connectivity index (χ3n) is 4.47. The molecule has 0 atom stereocenters. The molecule has 1 fully saturated rings. The Labute approximate surface area is 134 Å². The minimum absolute atomic E-state index is 0.127. The Morgan fingerprint density at radius 1 is 1.29 bits per heavy atom. The Morgan fingerprint density at radius 2 is 2.00 bits per heavy atom. The van der Waals surface area contributed by atoms with Gasteiger partial charge in [-0.1, -0.05) is 18.5 Å². The van der Waals surface area contributed by atoms with Gasteiger partial charge in [0, 0.05) is 24.4 Å². The number of aryl methyl sites for hydroxylation is 1. The van der Waals surface area contributed by atoms with Crippen molar-refractivity contribution in [2.24, 2.45) is 5.92 Å². The Balaban J connectivity index is 2.09. The molecular formula is C16H19Cl2FN2. The first kappa shape index (κ1) is 15.1. The maximum absolute atomic E-state index is 13.9.